The summed E-state index contributed by atoms with van der Waals surface area (Å²) in [6, 6.07) is 15.6. The van der Waals surface area contributed by atoms with Crippen LogP contribution in [-0.4, -0.2) is 71.1 Å². The van der Waals surface area contributed by atoms with Crippen molar-refractivity contribution in [2.24, 2.45) is 5.92 Å². The number of hydrogen-bond donors (Lipinski definition) is 2. The topological polar surface area (TPSA) is 137 Å². The molecule has 11 heteroatoms. The van der Waals surface area contributed by atoms with Gasteiger partial charge in [-0.15, -0.1) is 0 Å². The first-order valence-electron chi connectivity index (χ1n) is 12.1. The predicted octanol–water partition coefficient (Wildman–Crippen LogP) is 3.79. The summed E-state index contributed by atoms with van der Waals surface area (Å²) in [5.74, 6) is -1.14. The highest BCUT2D eigenvalue weighted by atomic mass is 32.2. The van der Waals surface area contributed by atoms with Gasteiger partial charge in [-0.1, -0.05) is 30.3 Å². The summed E-state index contributed by atoms with van der Waals surface area (Å²) in [5.41, 5.74) is 2.21. The van der Waals surface area contributed by atoms with Crippen molar-refractivity contribution in [1.82, 2.24) is 14.2 Å². The molecule has 1 atom stereocenters. The number of likely N-dealkylation sites (tertiary alicyclic amines) is 1. The average Bonchev–Trinajstić information content (AvgIpc) is 2.93. The quantitative estimate of drug-likeness (QED) is 0.419. The van der Waals surface area contributed by atoms with Gasteiger partial charge in [-0.2, -0.15) is 4.31 Å². The van der Waals surface area contributed by atoms with Gasteiger partial charge in [0.25, 0.3) is 0 Å². The van der Waals surface area contributed by atoms with E-state index in [1.807, 2.05) is 24.3 Å². The van der Waals surface area contributed by atoms with E-state index in [1.165, 1.54) is 23.2 Å². The molecule has 1 fully saturated rings. The molecule has 2 aromatic carbocycles. The van der Waals surface area contributed by atoms with Crippen molar-refractivity contribution < 1.29 is 33.0 Å². The highest BCUT2D eigenvalue weighted by Crippen LogP contribution is 2.31. The Kier molecular flexibility index (Phi) is 8.28. The standard InChI is InChI=1S/C27H29N3O7S/c1-37-23-8-4-20(5-9-23)21-6-10-24(11-7-21)38(35,36)30(18-19-3-2-14-28-17-19)25(26(31)32)22-12-15-29(16-13-22)27(33)34/h2-11,14,17,22,25H,12-13,15-16,18H2,1H3,(H,31,32)(H,33,34). The first-order valence-corrected chi connectivity index (χ1v) is 13.5. The number of methoxy groups -OCH3 is 1. The monoisotopic (exact) mass is 539 g/mol. The van der Waals surface area contributed by atoms with E-state index in [9.17, 15) is 28.2 Å². The fraction of sp³-hybridized carbons (Fsp3) is 0.296. The van der Waals surface area contributed by atoms with E-state index in [4.69, 9.17) is 4.74 Å². The summed E-state index contributed by atoms with van der Waals surface area (Å²) in [6.45, 7) is 0.0920. The fourth-order valence-corrected chi connectivity index (χ4v) is 6.34. The normalized spacial score (nSPS) is 15.3. The fourth-order valence-electron chi connectivity index (χ4n) is 4.71. The van der Waals surface area contributed by atoms with Crippen molar-refractivity contribution in [3.05, 3.63) is 78.6 Å². The Bertz CT molecular complexity index is 1360. The number of carbonyl (C=O) groups is 2. The highest BCUT2D eigenvalue weighted by Gasteiger charge is 2.42. The van der Waals surface area contributed by atoms with Gasteiger partial charge < -0.3 is 19.8 Å². The molecule has 200 valence electrons. The van der Waals surface area contributed by atoms with E-state index in [0.717, 1.165) is 15.4 Å². The number of sulfonamides is 1. The number of nitrogens with zero attached hydrogens (tertiary/aromatic N) is 3. The van der Waals surface area contributed by atoms with Crippen molar-refractivity contribution in [2.45, 2.75) is 30.3 Å². The van der Waals surface area contributed by atoms with Crippen LogP contribution in [0.2, 0.25) is 0 Å². The number of amides is 1. The Morgan fingerprint density at radius 1 is 1.03 bits per heavy atom. The van der Waals surface area contributed by atoms with Gasteiger partial charge in [0, 0.05) is 32.0 Å². The molecule has 0 spiro atoms. The summed E-state index contributed by atoms with van der Waals surface area (Å²) in [4.78, 5) is 29.1. The van der Waals surface area contributed by atoms with E-state index in [-0.39, 0.29) is 37.4 Å². The van der Waals surface area contributed by atoms with Gasteiger partial charge >= 0.3 is 12.1 Å². The van der Waals surface area contributed by atoms with E-state index in [0.29, 0.717) is 11.3 Å². The smallest absolute Gasteiger partial charge is 0.407 e. The van der Waals surface area contributed by atoms with Crippen molar-refractivity contribution in [2.75, 3.05) is 20.2 Å². The molecule has 1 aromatic heterocycles. The van der Waals surface area contributed by atoms with Crippen LogP contribution < -0.4 is 4.74 Å². The first kappa shape index (κ1) is 27.1. The molecule has 1 unspecified atom stereocenters. The minimum atomic E-state index is -4.26. The van der Waals surface area contributed by atoms with Gasteiger partial charge in [-0.25, -0.2) is 13.2 Å². The van der Waals surface area contributed by atoms with Crippen LogP contribution in [0.3, 0.4) is 0 Å². The third-order valence-corrected chi connectivity index (χ3v) is 8.61. The number of ether oxygens (including phenoxy) is 1. The highest BCUT2D eigenvalue weighted by molar-refractivity contribution is 7.89. The zero-order valence-corrected chi connectivity index (χ0v) is 21.6. The lowest BCUT2D eigenvalue weighted by Gasteiger charge is -2.37. The molecule has 3 aromatic rings. The van der Waals surface area contributed by atoms with Gasteiger partial charge in [0.1, 0.15) is 11.8 Å². The molecule has 1 saturated heterocycles. The Labute approximate surface area is 221 Å². The summed E-state index contributed by atoms with van der Waals surface area (Å²) >= 11 is 0. The van der Waals surface area contributed by atoms with Gasteiger partial charge in [0.15, 0.2) is 0 Å². The maximum Gasteiger partial charge on any atom is 0.407 e. The lowest BCUT2D eigenvalue weighted by molar-refractivity contribution is -0.144. The van der Waals surface area contributed by atoms with Crippen LogP contribution in [0.5, 0.6) is 5.75 Å². The molecule has 0 saturated carbocycles. The number of aliphatic carboxylic acids is 1. The predicted molar refractivity (Wildman–Crippen MR) is 139 cm³/mol. The van der Waals surface area contributed by atoms with Crippen molar-refractivity contribution in [3.8, 4) is 16.9 Å². The molecular formula is C27H29N3O7S. The molecule has 1 amide bonds. The van der Waals surface area contributed by atoms with Crippen molar-refractivity contribution in [3.63, 3.8) is 0 Å². The molecule has 4 rings (SSSR count). The molecule has 10 nitrogen and oxygen atoms in total. The molecule has 0 bridgehead atoms. The van der Waals surface area contributed by atoms with Crippen molar-refractivity contribution in [1.29, 1.82) is 0 Å². The summed E-state index contributed by atoms with van der Waals surface area (Å²) in [6.07, 6.45) is 2.45. The SMILES string of the molecule is COc1ccc(-c2ccc(S(=O)(=O)N(Cc3cccnc3)C(C(=O)O)C3CCN(C(=O)O)CC3)cc2)cc1. The average molecular weight is 540 g/mol. The van der Waals surface area contributed by atoms with Gasteiger partial charge in [0.05, 0.1) is 12.0 Å². The number of aromatic nitrogens is 1. The van der Waals surface area contributed by atoms with E-state index >= 15 is 0 Å². The van der Waals surface area contributed by atoms with Crippen LogP contribution in [0, 0.1) is 5.92 Å². The van der Waals surface area contributed by atoms with Gasteiger partial charge in [-0.3, -0.25) is 9.78 Å². The first-order chi connectivity index (χ1) is 18.2. The molecule has 0 radical (unpaired) electrons. The number of hydrogen-bond acceptors (Lipinski definition) is 6. The Morgan fingerprint density at radius 3 is 2.13 bits per heavy atom. The minimum absolute atomic E-state index is 0.0344. The zero-order chi connectivity index (χ0) is 27.3. The molecule has 0 aliphatic carbocycles. The van der Waals surface area contributed by atoms with Crippen LogP contribution in [0.4, 0.5) is 4.79 Å². The molecule has 1 aliphatic heterocycles. The van der Waals surface area contributed by atoms with Gasteiger partial charge in [0.2, 0.25) is 10.0 Å². The van der Waals surface area contributed by atoms with E-state index in [1.54, 1.807) is 37.6 Å². The number of pyridine rings is 1. The Hall–Kier alpha value is -3.96. The molecule has 2 N–H and O–H groups in total. The lowest BCUT2D eigenvalue weighted by Crippen LogP contribution is -2.52. The van der Waals surface area contributed by atoms with E-state index < -0.39 is 34.0 Å². The maximum atomic E-state index is 14.0. The van der Waals surface area contributed by atoms with Crippen LogP contribution in [0.25, 0.3) is 11.1 Å². The zero-order valence-electron chi connectivity index (χ0n) is 20.8. The Morgan fingerprint density at radius 2 is 1.63 bits per heavy atom. The van der Waals surface area contributed by atoms with Gasteiger partial charge in [-0.05, 0) is 65.8 Å². The van der Waals surface area contributed by atoms with E-state index in [2.05, 4.69) is 4.98 Å². The number of rotatable bonds is 9. The summed E-state index contributed by atoms with van der Waals surface area (Å²) < 4.78 is 34.1. The molecule has 1 aliphatic rings. The van der Waals surface area contributed by atoms with Crippen LogP contribution in [0.1, 0.15) is 18.4 Å². The summed E-state index contributed by atoms with van der Waals surface area (Å²) in [7, 11) is -2.68. The third-order valence-electron chi connectivity index (χ3n) is 6.77. The van der Waals surface area contributed by atoms with Crippen LogP contribution in [-0.2, 0) is 21.4 Å². The number of piperidine rings is 1. The second kappa shape index (κ2) is 11.6. The second-order valence-electron chi connectivity index (χ2n) is 9.05. The maximum absolute atomic E-state index is 14.0. The van der Waals surface area contributed by atoms with Crippen LogP contribution in [0.15, 0.2) is 78.0 Å². The second-order valence-corrected chi connectivity index (χ2v) is 10.9. The number of carboxylic acid groups (broad SMARTS) is 2. The Balaban J connectivity index is 1.68. The van der Waals surface area contributed by atoms with Crippen LogP contribution >= 0.6 is 0 Å². The lowest BCUT2D eigenvalue weighted by atomic mass is 9.89. The molecular weight excluding hydrogens is 510 g/mol. The van der Waals surface area contributed by atoms with Crippen molar-refractivity contribution >= 4 is 22.1 Å². The largest absolute Gasteiger partial charge is 0.497 e. The summed E-state index contributed by atoms with van der Waals surface area (Å²) in [5, 5.41) is 19.5. The minimum Gasteiger partial charge on any atom is -0.497 e. The third kappa shape index (κ3) is 5.95. The molecule has 2 heterocycles. The number of carboxylic acids is 1. The number of benzene rings is 2. The molecule has 38 heavy (non-hydrogen) atoms.